The number of carbonyl (C=O) groups excluding carboxylic acids is 2. The Bertz CT molecular complexity index is 643. The molecule has 0 aliphatic rings. The maximum absolute atomic E-state index is 12.5. The van der Waals surface area contributed by atoms with Crippen LogP contribution in [0.3, 0.4) is 0 Å². The minimum atomic E-state index is -0.828. The van der Waals surface area contributed by atoms with Crippen LogP contribution >= 0.6 is 0 Å². The molecule has 150 valence electrons. The molecule has 0 aromatic heterocycles. The number of amides is 1. The highest BCUT2D eigenvalue weighted by molar-refractivity contribution is 6.04. The zero-order chi connectivity index (χ0) is 20.4. The molecule has 1 atom stereocenters. The molecule has 1 unspecified atom stereocenters. The van der Waals surface area contributed by atoms with Crippen molar-refractivity contribution in [1.82, 2.24) is 5.01 Å². The predicted molar refractivity (Wildman–Crippen MR) is 106 cm³/mol. The van der Waals surface area contributed by atoms with Gasteiger partial charge in [0.15, 0.2) is 0 Å². The molecular formula is C19H31N5O3. The second kappa shape index (κ2) is 11.2. The normalized spacial score (nSPS) is 12.6. The first kappa shape index (κ1) is 22.5. The van der Waals surface area contributed by atoms with E-state index in [1.54, 1.807) is 19.1 Å². The van der Waals surface area contributed by atoms with Crippen LogP contribution in [0.15, 0.2) is 36.2 Å². The van der Waals surface area contributed by atoms with E-state index in [2.05, 4.69) is 5.32 Å². The molecule has 8 nitrogen and oxygen atoms in total. The molecule has 0 spiro atoms. The van der Waals surface area contributed by atoms with Crippen molar-refractivity contribution in [2.75, 3.05) is 18.5 Å². The van der Waals surface area contributed by atoms with Crippen molar-refractivity contribution >= 4 is 17.6 Å². The lowest BCUT2D eigenvalue weighted by Gasteiger charge is -2.21. The van der Waals surface area contributed by atoms with Gasteiger partial charge in [-0.1, -0.05) is 26.0 Å². The molecule has 1 amide bonds. The van der Waals surface area contributed by atoms with Crippen LogP contribution in [-0.4, -0.2) is 30.0 Å². The lowest BCUT2D eigenvalue weighted by atomic mass is 9.96. The van der Waals surface area contributed by atoms with Crippen LogP contribution in [0.5, 0.6) is 0 Å². The average molecular weight is 377 g/mol. The molecule has 0 aliphatic carbocycles. The smallest absolute Gasteiger partial charge is 0.318 e. The third-order valence-electron chi connectivity index (χ3n) is 3.94. The summed E-state index contributed by atoms with van der Waals surface area (Å²) < 4.78 is 5.03. The lowest BCUT2D eigenvalue weighted by Crippen LogP contribution is -2.33. The summed E-state index contributed by atoms with van der Waals surface area (Å²) in [6.07, 6.45) is 1.80. The van der Waals surface area contributed by atoms with Crippen molar-refractivity contribution in [1.29, 1.82) is 0 Å². The summed E-state index contributed by atoms with van der Waals surface area (Å²) in [6, 6.07) is 7.18. The summed E-state index contributed by atoms with van der Waals surface area (Å²) in [6.45, 7) is 6.54. The summed E-state index contributed by atoms with van der Waals surface area (Å²) in [5.41, 5.74) is 13.2. The van der Waals surface area contributed by atoms with E-state index < -0.39 is 11.9 Å². The van der Waals surface area contributed by atoms with E-state index in [0.29, 0.717) is 24.4 Å². The number of nitrogens with zero attached hydrogens (tertiary/aromatic N) is 1. The number of nitrogens with two attached hydrogens (primary N) is 3. The number of benzene rings is 1. The van der Waals surface area contributed by atoms with Gasteiger partial charge in [-0.15, -0.1) is 0 Å². The van der Waals surface area contributed by atoms with Crippen LogP contribution in [-0.2, 0) is 20.9 Å². The van der Waals surface area contributed by atoms with E-state index in [0.717, 1.165) is 5.56 Å². The molecule has 0 bridgehead atoms. The summed E-state index contributed by atoms with van der Waals surface area (Å²) in [5.74, 6) is 4.42. The van der Waals surface area contributed by atoms with Crippen LogP contribution < -0.4 is 22.6 Å². The molecular weight excluding hydrogens is 346 g/mol. The largest absolute Gasteiger partial charge is 0.465 e. The first-order chi connectivity index (χ1) is 12.8. The van der Waals surface area contributed by atoms with Gasteiger partial charge in [-0.2, -0.15) is 0 Å². The molecule has 1 aromatic rings. The zero-order valence-corrected chi connectivity index (χ0v) is 16.3. The molecule has 27 heavy (non-hydrogen) atoms. The summed E-state index contributed by atoms with van der Waals surface area (Å²) in [5, 5.41) is 4.24. The number of esters is 1. The van der Waals surface area contributed by atoms with Gasteiger partial charge in [0.05, 0.1) is 18.8 Å². The number of hydrogen-bond acceptors (Lipinski definition) is 7. The van der Waals surface area contributed by atoms with E-state index in [1.165, 1.54) is 11.2 Å². The highest BCUT2D eigenvalue weighted by Gasteiger charge is 2.28. The van der Waals surface area contributed by atoms with Gasteiger partial charge < -0.3 is 26.5 Å². The van der Waals surface area contributed by atoms with E-state index in [1.807, 2.05) is 26.0 Å². The second-order valence-corrected chi connectivity index (χ2v) is 6.61. The van der Waals surface area contributed by atoms with Crippen molar-refractivity contribution in [3.05, 3.63) is 41.7 Å². The van der Waals surface area contributed by atoms with Gasteiger partial charge in [0.2, 0.25) is 5.91 Å². The minimum absolute atomic E-state index is 0.190. The Labute approximate surface area is 160 Å². The maximum atomic E-state index is 12.5. The molecule has 0 saturated carbocycles. The Morgan fingerprint density at radius 2 is 1.89 bits per heavy atom. The SMILES string of the molecule is CCOC(=O)C(CC(C)C)C(=O)Nc1ccc(CN(N)/C(=C\N)CN)cc1. The molecule has 1 rings (SSSR count). The molecule has 1 aromatic carbocycles. The van der Waals surface area contributed by atoms with E-state index >= 15 is 0 Å². The maximum Gasteiger partial charge on any atom is 0.318 e. The van der Waals surface area contributed by atoms with Gasteiger partial charge in [0.1, 0.15) is 5.92 Å². The van der Waals surface area contributed by atoms with E-state index in [-0.39, 0.29) is 25.0 Å². The van der Waals surface area contributed by atoms with E-state index in [9.17, 15) is 9.59 Å². The lowest BCUT2D eigenvalue weighted by molar-refractivity contribution is -0.151. The molecule has 8 heteroatoms. The van der Waals surface area contributed by atoms with Gasteiger partial charge in [0.25, 0.3) is 0 Å². The van der Waals surface area contributed by atoms with Crippen LogP contribution in [0.1, 0.15) is 32.8 Å². The van der Waals surface area contributed by atoms with Gasteiger partial charge in [-0.25, -0.2) is 5.84 Å². The monoisotopic (exact) mass is 377 g/mol. The molecule has 7 N–H and O–H groups in total. The Morgan fingerprint density at radius 3 is 2.37 bits per heavy atom. The van der Waals surface area contributed by atoms with Crippen molar-refractivity contribution < 1.29 is 14.3 Å². The third-order valence-corrected chi connectivity index (χ3v) is 3.94. The second-order valence-electron chi connectivity index (χ2n) is 6.61. The van der Waals surface area contributed by atoms with Crippen molar-refractivity contribution in [2.45, 2.75) is 33.7 Å². The molecule has 0 heterocycles. The summed E-state index contributed by atoms with van der Waals surface area (Å²) in [4.78, 5) is 24.6. The Balaban J connectivity index is 2.77. The van der Waals surface area contributed by atoms with Gasteiger partial charge in [0, 0.05) is 18.4 Å². The highest BCUT2D eigenvalue weighted by atomic mass is 16.5. The van der Waals surface area contributed by atoms with Crippen LogP contribution in [0.25, 0.3) is 0 Å². The molecule has 0 fully saturated rings. The standard InChI is InChI=1S/C19H31N5O3/c1-4-27-19(26)17(9-13(2)3)18(25)23-15-7-5-14(6-8-15)12-24(22)16(10-20)11-21/h5-8,10,13,17H,4,9,11-12,20-22H2,1-3H3,(H,23,25)/b16-10-. The van der Waals surface area contributed by atoms with Crippen LogP contribution in [0, 0.1) is 11.8 Å². The number of hydrogen-bond donors (Lipinski definition) is 4. The number of carbonyl (C=O) groups is 2. The molecule has 0 saturated heterocycles. The Kier molecular flexibility index (Phi) is 9.32. The number of anilines is 1. The topological polar surface area (TPSA) is 137 Å². The average Bonchev–Trinajstić information content (AvgIpc) is 2.62. The summed E-state index contributed by atoms with van der Waals surface area (Å²) >= 11 is 0. The summed E-state index contributed by atoms with van der Waals surface area (Å²) in [7, 11) is 0. The number of nitrogens with one attached hydrogen (secondary N) is 1. The minimum Gasteiger partial charge on any atom is -0.465 e. The quantitative estimate of drug-likeness (QED) is 0.209. The van der Waals surface area contributed by atoms with Crippen molar-refractivity contribution in [3.8, 4) is 0 Å². The number of ether oxygens (including phenoxy) is 1. The third kappa shape index (κ3) is 7.28. The number of hydrazine groups is 1. The first-order valence-electron chi connectivity index (χ1n) is 9.01. The molecule has 0 aliphatic heterocycles. The predicted octanol–water partition coefficient (Wildman–Crippen LogP) is 1.29. The van der Waals surface area contributed by atoms with Crippen molar-refractivity contribution in [2.24, 2.45) is 29.1 Å². The molecule has 0 radical (unpaired) electrons. The first-order valence-corrected chi connectivity index (χ1v) is 9.01. The number of rotatable bonds is 10. The van der Waals surface area contributed by atoms with Gasteiger partial charge in [-0.3, -0.25) is 9.59 Å². The van der Waals surface area contributed by atoms with Crippen LogP contribution in [0.2, 0.25) is 0 Å². The van der Waals surface area contributed by atoms with Gasteiger partial charge >= 0.3 is 5.97 Å². The fraction of sp³-hybridized carbons (Fsp3) is 0.474. The fourth-order valence-electron chi connectivity index (χ4n) is 2.53. The Hall–Kier alpha value is -2.58. The Morgan fingerprint density at radius 1 is 1.26 bits per heavy atom. The van der Waals surface area contributed by atoms with E-state index in [4.69, 9.17) is 22.0 Å². The van der Waals surface area contributed by atoms with Crippen LogP contribution in [0.4, 0.5) is 5.69 Å². The van der Waals surface area contributed by atoms with Crippen molar-refractivity contribution in [3.63, 3.8) is 0 Å². The fourth-order valence-corrected chi connectivity index (χ4v) is 2.53. The van der Waals surface area contributed by atoms with Gasteiger partial charge in [-0.05, 0) is 37.0 Å². The zero-order valence-electron chi connectivity index (χ0n) is 16.3. The highest BCUT2D eigenvalue weighted by Crippen LogP contribution is 2.18.